The first-order valence-electron chi connectivity index (χ1n) is 5.86. The van der Waals surface area contributed by atoms with E-state index >= 15 is 0 Å². The van der Waals surface area contributed by atoms with Gasteiger partial charge in [-0.2, -0.15) is 0 Å². The summed E-state index contributed by atoms with van der Waals surface area (Å²) < 4.78 is 10.5. The number of nitro groups is 1. The summed E-state index contributed by atoms with van der Waals surface area (Å²) in [6, 6.07) is 2.75. The molecule has 0 spiro atoms. The monoisotopic (exact) mass is 252 g/mol. The van der Waals surface area contributed by atoms with Crippen molar-refractivity contribution in [3.63, 3.8) is 0 Å². The van der Waals surface area contributed by atoms with Crippen molar-refractivity contribution < 1.29 is 14.4 Å². The van der Waals surface area contributed by atoms with Gasteiger partial charge >= 0.3 is 5.69 Å². The standard InChI is InChI=1S/C12H16N2O4/c1-17-12-5-9(13)11(6-10(12)14(15)16)18-7-8-3-2-4-8/h5-6,8H,2-4,7,13H2,1H3. The number of anilines is 1. The Balaban J connectivity index is 2.17. The molecule has 0 saturated heterocycles. The highest BCUT2D eigenvalue weighted by Gasteiger charge is 2.21. The van der Waals surface area contributed by atoms with Crippen LogP contribution < -0.4 is 15.2 Å². The zero-order valence-electron chi connectivity index (χ0n) is 10.2. The molecule has 0 aliphatic heterocycles. The summed E-state index contributed by atoms with van der Waals surface area (Å²) in [5, 5.41) is 10.9. The highest BCUT2D eigenvalue weighted by atomic mass is 16.6. The third kappa shape index (κ3) is 2.47. The van der Waals surface area contributed by atoms with E-state index in [1.165, 1.54) is 25.7 Å². The molecule has 18 heavy (non-hydrogen) atoms. The van der Waals surface area contributed by atoms with Crippen LogP contribution in [-0.2, 0) is 0 Å². The van der Waals surface area contributed by atoms with Crippen molar-refractivity contribution in [1.82, 2.24) is 0 Å². The van der Waals surface area contributed by atoms with Gasteiger partial charge in [0.2, 0.25) is 0 Å². The minimum atomic E-state index is -0.505. The molecule has 6 nitrogen and oxygen atoms in total. The Bertz CT molecular complexity index is 458. The lowest BCUT2D eigenvalue weighted by Gasteiger charge is -2.25. The molecular formula is C12H16N2O4. The third-order valence-corrected chi connectivity index (χ3v) is 3.21. The zero-order chi connectivity index (χ0) is 13.1. The van der Waals surface area contributed by atoms with Crippen LogP contribution in [0.4, 0.5) is 11.4 Å². The molecule has 98 valence electrons. The van der Waals surface area contributed by atoms with Crippen LogP contribution in [0.25, 0.3) is 0 Å². The second kappa shape index (κ2) is 5.12. The lowest BCUT2D eigenvalue weighted by molar-refractivity contribution is -0.385. The summed E-state index contributed by atoms with van der Waals surface area (Å²) in [6.45, 7) is 0.563. The molecule has 0 aromatic heterocycles. The average Bonchev–Trinajstić information content (AvgIpc) is 2.28. The van der Waals surface area contributed by atoms with Crippen LogP contribution in [0.15, 0.2) is 12.1 Å². The molecule has 1 aromatic carbocycles. The number of nitrogen functional groups attached to an aromatic ring is 1. The van der Waals surface area contributed by atoms with Crippen molar-refractivity contribution in [2.45, 2.75) is 19.3 Å². The lowest BCUT2D eigenvalue weighted by Crippen LogP contribution is -2.19. The van der Waals surface area contributed by atoms with E-state index in [0.717, 1.165) is 12.8 Å². The Labute approximate surface area is 105 Å². The first-order chi connectivity index (χ1) is 8.61. The summed E-state index contributed by atoms with van der Waals surface area (Å²) in [7, 11) is 1.37. The summed E-state index contributed by atoms with van der Waals surface area (Å²) in [5.41, 5.74) is 6.01. The Morgan fingerprint density at radius 2 is 2.17 bits per heavy atom. The smallest absolute Gasteiger partial charge is 0.314 e. The maximum absolute atomic E-state index is 10.9. The van der Waals surface area contributed by atoms with E-state index in [2.05, 4.69) is 0 Å². The van der Waals surface area contributed by atoms with Crippen LogP contribution in [0.5, 0.6) is 11.5 Å². The topological polar surface area (TPSA) is 87.6 Å². The molecule has 0 radical (unpaired) electrons. The van der Waals surface area contributed by atoms with Crippen LogP contribution in [-0.4, -0.2) is 18.6 Å². The molecule has 0 amide bonds. The number of benzene rings is 1. The Hall–Kier alpha value is -1.98. The molecule has 1 aromatic rings. The highest BCUT2D eigenvalue weighted by molar-refractivity contribution is 5.64. The van der Waals surface area contributed by atoms with Crippen LogP contribution in [0.2, 0.25) is 0 Å². The SMILES string of the molecule is COc1cc(N)c(OCC2CCC2)cc1[N+](=O)[O-]. The minimum absolute atomic E-state index is 0.129. The molecule has 1 aliphatic rings. The number of hydrogen-bond donors (Lipinski definition) is 1. The van der Waals surface area contributed by atoms with Gasteiger partial charge in [0, 0.05) is 6.07 Å². The molecular weight excluding hydrogens is 236 g/mol. The number of hydrogen-bond acceptors (Lipinski definition) is 5. The Morgan fingerprint density at radius 3 is 2.67 bits per heavy atom. The average molecular weight is 252 g/mol. The van der Waals surface area contributed by atoms with E-state index in [-0.39, 0.29) is 11.4 Å². The quantitative estimate of drug-likeness (QED) is 0.493. The molecule has 1 fully saturated rings. The number of nitro benzene ring substituents is 1. The molecule has 0 unspecified atom stereocenters. The maximum atomic E-state index is 10.9. The van der Waals surface area contributed by atoms with Gasteiger partial charge in [0.25, 0.3) is 0 Å². The van der Waals surface area contributed by atoms with Crippen molar-refractivity contribution in [3.05, 3.63) is 22.2 Å². The number of rotatable bonds is 5. The van der Waals surface area contributed by atoms with Gasteiger partial charge in [0.15, 0.2) is 5.75 Å². The summed E-state index contributed by atoms with van der Waals surface area (Å²) in [5.74, 6) is 1.05. The fraction of sp³-hybridized carbons (Fsp3) is 0.500. The van der Waals surface area contributed by atoms with Crippen molar-refractivity contribution in [1.29, 1.82) is 0 Å². The summed E-state index contributed by atoms with van der Waals surface area (Å²) in [4.78, 5) is 10.4. The van der Waals surface area contributed by atoms with Gasteiger partial charge < -0.3 is 15.2 Å². The number of ether oxygens (including phenoxy) is 2. The van der Waals surface area contributed by atoms with E-state index in [1.54, 1.807) is 0 Å². The maximum Gasteiger partial charge on any atom is 0.314 e. The van der Waals surface area contributed by atoms with E-state index in [0.29, 0.717) is 24.0 Å². The van der Waals surface area contributed by atoms with E-state index in [4.69, 9.17) is 15.2 Å². The fourth-order valence-corrected chi connectivity index (χ4v) is 1.86. The molecule has 2 N–H and O–H groups in total. The molecule has 0 heterocycles. The zero-order valence-corrected chi connectivity index (χ0v) is 10.2. The van der Waals surface area contributed by atoms with Crippen LogP contribution in [0, 0.1) is 16.0 Å². The molecule has 0 atom stereocenters. The molecule has 1 aliphatic carbocycles. The summed E-state index contributed by atoms with van der Waals surface area (Å²) >= 11 is 0. The van der Waals surface area contributed by atoms with Gasteiger partial charge in [-0.1, -0.05) is 6.42 Å². The minimum Gasteiger partial charge on any atom is -0.491 e. The molecule has 0 bridgehead atoms. The molecule has 2 rings (SSSR count). The van der Waals surface area contributed by atoms with Crippen molar-refractivity contribution in [2.75, 3.05) is 19.5 Å². The van der Waals surface area contributed by atoms with E-state index in [1.807, 2.05) is 0 Å². The third-order valence-electron chi connectivity index (χ3n) is 3.21. The summed E-state index contributed by atoms with van der Waals surface area (Å²) in [6.07, 6.45) is 3.53. The largest absolute Gasteiger partial charge is 0.491 e. The van der Waals surface area contributed by atoms with Gasteiger partial charge in [-0.05, 0) is 18.8 Å². The molecule has 6 heteroatoms. The lowest BCUT2D eigenvalue weighted by atomic mass is 9.86. The number of nitrogens with zero attached hydrogens (tertiary/aromatic N) is 1. The predicted molar refractivity (Wildman–Crippen MR) is 66.9 cm³/mol. The van der Waals surface area contributed by atoms with Crippen LogP contribution in [0.3, 0.4) is 0 Å². The van der Waals surface area contributed by atoms with Crippen molar-refractivity contribution in [2.24, 2.45) is 5.92 Å². The van der Waals surface area contributed by atoms with Gasteiger partial charge in [-0.3, -0.25) is 10.1 Å². The molecule has 1 saturated carbocycles. The van der Waals surface area contributed by atoms with Crippen LogP contribution >= 0.6 is 0 Å². The van der Waals surface area contributed by atoms with Crippen molar-refractivity contribution >= 4 is 11.4 Å². The van der Waals surface area contributed by atoms with Gasteiger partial charge in [-0.15, -0.1) is 0 Å². The van der Waals surface area contributed by atoms with Crippen molar-refractivity contribution in [3.8, 4) is 11.5 Å². The number of nitrogens with two attached hydrogens (primary N) is 1. The second-order valence-corrected chi connectivity index (χ2v) is 4.43. The number of methoxy groups -OCH3 is 1. The van der Waals surface area contributed by atoms with Gasteiger partial charge in [0.05, 0.1) is 30.4 Å². The highest BCUT2D eigenvalue weighted by Crippen LogP contribution is 2.37. The van der Waals surface area contributed by atoms with Gasteiger partial charge in [-0.25, -0.2) is 0 Å². The van der Waals surface area contributed by atoms with E-state index in [9.17, 15) is 10.1 Å². The first kappa shape index (κ1) is 12.5. The normalized spacial score (nSPS) is 14.9. The van der Waals surface area contributed by atoms with E-state index < -0.39 is 4.92 Å². The first-order valence-corrected chi connectivity index (χ1v) is 5.86. The van der Waals surface area contributed by atoms with Gasteiger partial charge in [0.1, 0.15) is 5.75 Å². The van der Waals surface area contributed by atoms with Crippen LogP contribution in [0.1, 0.15) is 19.3 Å². The second-order valence-electron chi connectivity index (χ2n) is 4.43. The predicted octanol–water partition coefficient (Wildman–Crippen LogP) is 2.36. The Kier molecular flexibility index (Phi) is 3.55. The Morgan fingerprint density at radius 1 is 1.44 bits per heavy atom. The fourth-order valence-electron chi connectivity index (χ4n) is 1.86.